The number of amides is 1. The third-order valence-corrected chi connectivity index (χ3v) is 5.66. The van der Waals surface area contributed by atoms with E-state index in [4.69, 9.17) is 4.74 Å². The lowest BCUT2D eigenvalue weighted by Gasteiger charge is -2.11. The van der Waals surface area contributed by atoms with Gasteiger partial charge in [0.2, 0.25) is 0 Å². The molecule has 1 aromatic heterocycles. The summed E-state index contributed by atoms with van der Waals surface area (Å²) >= 11 is 1.73. The summed E-state index contributed by atoms with van der Waals surface area (Å²) in [5.74, 6) is 1.42. The Morgan fingerprint density at radius 3 is 2.72 bits per heavy atom. The molecule has 2 aromatic rings. The molecule has 0 spiro atoms. The zero-order valence-corrected chi connectivity index (χ0v) is 17.8. The lowest BCUT2D eigenvalue weighted by atomic mass is 10.1. The molecule has 0 radical (unpaired) electrons. The minimum atomic E-state index is -0.0525. The van der Waals surface area contributed by atoms with Crippen molar-refractivity contribution in [2.75, 3.05) is 20.2 Å². The van der Waals surface area contributed by atoms with Gasteiger partial charge in [-0.3, -0.25) is 9.79 Å². The average molecular weight is 416 g/mol. The normalized spacial score (nSPS) is 13.8. The third kappa shape index (κ3) is 7.38. The van der Waals surface area contributed by atoms with Crippen molar-refractivity contribution in [1.82, 2.24) is 20.9 Å². The number of nitrogens with zero attached hydrogens (tertiary/aromatic N) is 2. The number of benzene rings is 1. The Bertz CT molecular complexity index is 815. The molecule has 3 N–H and O–H groups in total. The molecule has 1 fully saturated rings. The zero-order valence-electron chi connectivity index (χ0n) is 17.0. The third-order valence-electron chi connectivity index (χ3n) is 4.52. The number of hydrogen-bond acceptors (Lipinski definition) is 5. The van der Waals surface area contributed by atoms with Gasteiger partial charge in [-0.25, -0.2) is 4.98 Å². The minimum absolute atomic E-state index is 0.0525. The van der Waals surface area contributed by atoms with Crippen molar-refractivity contribution in [3.8, 4) is 5.75 Å². The van der Waals surface area contributed by atoms with Gasteiger partial charge in [-0.05, 0) is 43.4 Å². The molecule has 0 saturated heterocycles. The standard InChI is InChI=1S/C21H29N5O2S/c1-3-18-12-24-20(29-18)13-25-21(22-2)23-11-10-15-4-8-17(9-5-15)28-14-19(27)26-16-6-7-16/h4-5,8-9,12,16H,3,6-7,10-11,13-14H2,1-2H3,(H,26,27)(H2,22,23,25). The van der Waals surface area contributed by atoms with Gasteiger partial charge in [0.15, 0.2) is 12.6 Å². The topological polar surface area (TPSA) is 87.6 Å². The minimum Gasteiger partial charge on any atom is -0.484 e. The summed E-state index contributed by atoms with van der Waals surface area (Å²) in [4.78, 5) is 21.6. The van der Waals surface area contributed by atoms with Crippen molar-refractivity contribution in [1.29, 1.82) is 0 Å². The maximum atomic E-state index is 11.7. The second-order valence-corrected chi connectivity index (χ2v) is 8.15. The first kappa shape index (κ1) is 21.1. The van der Waals surface area contributed by atoms with Crippen LogP contribution in [0.1, 0.15) is 35.2 Å². The highest BCUT2D eigenvalue weighted by Gasteiger charge is 2.23. The average Bonchev–Trinajstić information content (AvgIpc) is 3.43. The summed E-state index contributed by atoms with van der Waals surface area (Å²) in [6.45, 7) is 3.64. The Kier molecular flexibility index (Phi) is 7.86. The number of nitrogens with one attached hydrogen (secondary N) is 3. The fraction of sp³-hybridized carbons (Fsp3) is 0.476. The number of rotatable bonds is 10. The van der Waals surface area contributed by atoms with Crippen LogP contribution in [0, 0.1) is 0 Å². The van der Waals surface area contributed by atoms with Crippen molar-refractivity contribution in [3.05, 3.63) is 45.9 Å². The maximum absolute atomic E-state index is 11.7. The molecule has 3 rings (SSSR count). The lowest BCUT2D eigenvalue weighted by molar-refractivity contribution is -0.123. The highest BCUT2D eigenvalue weighted by atomic mass is 32.1. The van der Waals surface area contributed by atoms with E-state index in [1.165, 1.54) is 10.4 Å². The predicted molar refractivity (Wildman–Crippen MR) is 116 cm³/mol. The van der Waals surface area contributed by atoms with E-state index in [-0.39, 0.29) is 12.5 Å². The highest BCUT2D eigenvalue weighted by Crippen LogP contribution is 2.18. The molecule has 0 unspecified atom stereocenters. The first-order valence-electron chi connectivity index (χ1n) is 10.1. The largest absolute Gasteiger partial charge is 0.484 e. The van der Waals surface area contributed by atoms with Crippen molar-refractivity contribution < 1.29 is 9.53 Å². The second kappa shape index (κ2) is 10.8. The monoisotopic (exact) mass is 415 g/mol. The van der Waals surface area contributed by atoms with Gasteiger partial charge in [0.1, 0.15) is 10.8 Å². The number of ether oxygens (including phenoxy) is 1. The van der Waals surface area contributed by atoms with Crippen LogP contribution in [0.15, 0.2) is 35.5 Å². The molecule has 1 aliphatic carbocycles. The van der Waals surface area contributed by atoms with Gasteiger partial charge in [0.05, 0.1) is 6.54 Å². The van der Waals surface area contributed by atoms with E-state index in [2.05, 4.69) is 32.9 Å². The Labute approximate surface area is 176 Å². The van der Waals surface area contributed by atoms with Crippen LogP contribution >= 0.6 is 11.3 Å². The second-order valence-electron chi connectivity index (χ2n) is 6.95. The molecule has 7 nitrogen and oxygen atoms in total. The van der Waals surface area contributed by atoms with Gasteiger partial charge in [0, 0.05) is 30.7 Å². The Morgan fingerprint density at radius 1 is 1.28 bits per heavy atom. The number of thiazole rings is 1. The molecule has 1 heterocycles. The number of hydrogen-bond donors (Lipinski definition) is 3. The van der Waals surface area contributed by atoms with Gasteiger partial charge < -0.3 is 20.7 Å². The van der Waals surface area contributed by atoms with Crippen LogP contribution in [0.4, 0.5) is 0 Å². The molecule has 29 heavy (non-hydrogen) atoms. The SMILES string of the molecule is CCc1cnc(CNC(=NC)NCCc2ccc(OCC(=O)NC3CC3)cc2)s1. The number of carbonyl (C=O) groups excluding carboxylic acids is 1. The number of aromatic nitrogens is 1. The van der Waals surface area contributed by atoms with Crippen molar-refractivity contribution in [2.24, 2.45) is 4.99 Å². The van der Waals surface area contributed by atoms with Crippen LogP contribution in [0.5, 0.6) is 5.75 Å². The first-order valence-corrected chi connectivity index (χ1v) is 10.9. The van der Waals surface area contributed by atoms with Crippen molar-refractivity contribution in [3.63, 3.8) is 0 Å². The summed E-state index contributed by atoms with van der Waals surface area (Å²) in [5.41, 5.74) is 1.19. The summed E-state index contributed by atoms with van der Waals surface area (Å²) in [5, 5.41) is 10.6. The van der Waals surface area contributed by atoms with E-state index in [1.807, 2.05) is 30.5 Å². The Hall–Kier alpha value is -2.61. The maximum Gasteiger partial charge on any atom is 0.258 e. The molecule has 0 bridgehead atoms. The summed E-state index contributed by atoms with van der Waals surface area (Å²) < 4.78 is 5.53. The van der Waals surface area contributed by atoms with E-state index in [9.17, 15) is 4.79 Å². The smallest absolute Gasteiger partial charge is 0.258 e. The van der Waals surface area contributed by atoms with E-state index in [1.54, 1.807) is 18.4 Å². The molecule has 1 amide bonds. The summed E-state index contributed by atoms with van der Waals surface area (Å²) in [6, 6.07) is 8.21. The first-order chi connectivity index (χ1) is 14.2. The number of aliphatic imine (C=N–C) groups is 1. The highest BCUT2D eigenvalue weighted by molar-refractivity contribution is 7.11. The number of aryl methyl sites for hydroxylation is 1. The molecule has 156 valence electrons. The lowest BCUT2D eigenvalue weighted by Crippen LogP contribution is -2.37. The van der Waals surface area contributed by atoms with Gasteiger partial charge in [-0.15, -0.1) is 11.3 Å². The van der Waals surface area contributed by atoms with E-state index in [0.717, 1.165) is 43.2 Å². The quantitative estimate of drug-likeness (QED) is 0.409. The van der Waals surface area contributed by atoms with Crippen LogP contribution in [0.3, 0.4) is 0 Å². The van der Waals surface area contributed by atoms with Gasteiger partial charge >= 0.3 is 0 Å². The molecule has 8 heteroatoms. The molecule has 0 atom stereocenters. The van der Waals surface area contributed by atoms with Crippen LogP contribution in [0.2, 0.25) is 0 Å². The Balaban J connectivity index is 1.34. The van der Waals surface area contributed by atoms with Gasteiger partial charge in [-0.1, -0.05) is 19.1 Å². The predicted octanol–water partition coefficient (Wildman–Crippen LogP) is 2.27. The van der Waals surface area contributed by atoms with E-state index >= 15 is 0 Å². The van der Waals surface area contributed by atoms with Gasteiger partial charge in [0.25, 0.3) is 5.91 Å². The van der Waals surface area contributed by atoms with Crippen molar-refractivity contribution in [2.45, 2.75) is 45.2 Å². The molecular weight excluding hydrogens is 386 g/mol. The van der Waals surface area contributed by atoms with Crippen LogP contribution in [-0.2, 0) is 24.2 Å². The zero-order chi connectivity index (χ0) is 20.5. The summed E-state index contributed by atoms with van der Waals surface area (Å²) in [6.07, 6.45) is 5.98. The molecule has 1 aliphatic rings. The fourth-order valence-electron chi connectivity index (χ4n) is 2.70. The van der Waals surface area contributed by atoms with Crippen molar-refractivity contribution >= 4 is 23.2 Å². The Morgan fingerprint density at radius 2 is 2.07 bits per heavy atom. The van der Waals surface area contributed by atoms with Crippen LogP contribution in [0.25, 0.3) is 0 Å². The van der Waals surface area contributed by atoms with Crippen LogP contribution < -0.4 is 20.7 Å². The van der Waals surface area contributed by atoms with Crippen LogP contribution in [-0.4, -0.2) is 43.1 Å². The molecule has 1 saturated carbocycles. The molecule has 0 aliphatic heterocycles. The number of carbonyl (C=O) groups is 1. The molecule has 1 aromatic carbocycles. The summed E-state index contributed by atoms with van der Waals surface area (Å²) in [7, 11) is 1.76. The van der Waals surface area contributed by atoms with Gasteiger partial charge in [-0.2, -0.15) is 0 Å². The molecular formula is C21H29N5O2S. The van der Waals surface area contributed by atoms with E-state index in [0.29, 0.717) is 18.3 Å². The fourth-order valence-corrected chi connectivity index (χ4v) is 3.50. The number of guanidine groups is 1. The van der Waals surface area contributed by atoms with E-state index < -0.39 is 0 Å².